The van der Waals surface area contributed by atoms with Crippen LogP contribution >= 0.6 is 0 Å². The molecular weight excluding hydrogens is 320 g/mol. The first-order chi connectivity index (χ1) is 10.8. The van der Waals surface area contributed by atoms with Crippen molar-refractivity contribution in [3.63, 3.8) is 0 Å². The average Bonchev–Trinajstić information content (AvgIpc) is 3.25. The lowest BCUT2D eigenvalue weighted by Gasteiger charge is -2.22. The summed E-state index contributed by atoms with van der Waals surface area (Å²) in [4.78, 5) is 25.5. The highest BCUT2D eigenvalue weighted by Gasteiger charge is 2.34. The molecule has 0 saturated heterocycles. The van der Waals surface area contributed by atoms with Crippen LogP contribution in [-0.4, -0.2) is 32.9 Å². The van der Waals surface area contributed by atoms with Crippen LogP contribution in [-0.2, 0) is 30.8 Å². The third-order valence-electron chi connectivity index (χ3n) is 4.11. The van der Waals surface area contributed by atoms with Gasteiger partial charge in [-0.05, 0) is 49.9 Å². The maximum Gasteiger partial charge on any atom is 0.309 e. The maximum absolute atomic E-state index is 12.4. The maximum atomic E-state index is 12.4. The van der Waals surface area contributed by atoms with E-state index in [1.807, 2.05) is 6.92 Å². The molecule has 1 fully saturated rings. The number of sulfonamides is 1. The van der Waals surface area contributed by atoms with Gasteiger partial charge in [-0.2, -0.15) is 0 Å². The molecule has 124 valence electrons. The summed E-state index contributed by atoms with van der Waals surface area (Å²) in [7, 11) is -3.78. The number of carbonyl (C=O) groups excluding carboxylic acids is 2. The Kier molecular flexibility index (Phi) is 3.89. The molecule has 7 nitrogen and oxygen atoms in total. The Balaban J connectivity index is 1.76. The van der Waals surface area contributed by atoms with E-state index >= 15 is 0 Å². The van der Waals surface area contributed by atoms with Crippen molar-refractivity contribution in [1.29, 1.82) is 0 Å². The van der Waals surface area contributed by atoms with Gasteiger partial charge >= 0.3 is 5.97 Å². The third-order valence-corrected chi connectivity index (χ3v) is 5.02. The van der Waals surface area contributed by atoms with E-state index in [2.05, 4.69) is 0 Å². The van der Waals surface area contributed by atoms with Crippen molar-refractivity contribution in [1.82, 2.24) is 0 Å². The van der Waals surface area contributed by atoms with E-state index in [0.717, 1.165) is 18.4 Å². The van der Waals surface area contributed by atoms with Crippen molar-refractivity contribution < 1.29 is 22.7 Å². The largest absolute Gasteiger partial charge is 0.455 e. The number of amides is 1. The number of primary sulfonamides is 1. The third kappa shape index (κ3) is 3.23. The van der Waals surface area contributed by atoms with Gasteiger partial charge in [-0.3, -0.25) is 9.59 Å². The van der Waals surface area contributed by atoms with Crippen LogP contribution in [0.3, 0.4) is 0 Å². The predicted octanol–water partition coefficient (Wildman–Crippen LogP) is 0.565. The van der Waals surface area contributed by atoms with E-state index in [4.69, 9.17) is 9.88 Å². The van der Waals surface area contributed by atoms with Gasteiger partial charge in [-0.1, -0.05) is 0 Å². The first-order valence-electron chi connectivity index (χ1n) is 7.42. The molecule has 2 aliphatic rings. The van der Waals surface area contributed by atoms with E-state index in [-0.39, 0.29) is 35.3 Å². The van der Waals surface area contributed by atoms with Gasteiger partial charge in [-0.15, -0.1) is 0 Å². The van der Waals surface area contributed by atoms with Gasteiger partial charge in [0, 0.05) is 11.7 Å². The normalized spacial score (nSPS) is 20.3. The van der Waals surface area contributed by atoms with Crippen LogP contribution in [0.4, 0.5) is 5.69 Å². The molecule has 1 atom stereocenters. The number of hydrogen-bond donors (Lipinski definition) is 1. The summed E-state index contributed by atoms with van der Waals surface area (Å²) in [6.45, 7) is 1.56. The molecule has 23 heavy (non-hydrogen) atoms. The second-order valence-electron chi connectivity index (χ2n) is 6.03. The number of rotatable bonds is 4. The zero-order valence-corrected chi connectivity index (χ0v) is 13.5. The summed E-state index contributed by atoms with van der Waals surface area (Å²) in [5.41, 5.74) is 1.38. The molecule has 1 heterocycles. The first kappa shape index (κ1) is 15.9. The van der Waals surface area contributed by atoms with E-state index in [1.165, 1.54) is 12.1 Å². The van der Waals surface area contributed by atoms with Crippen molar-refractivity contribution in [2.75, 3.05) is 11.5 Å². The molecule has 8 heteroatoms. The number of nitrogens with zero attached hydrogens (tertiary/aromatic N) is 1. The van der Waals surface area contributed by atoms with Gasteiger partial charge < -0.3 is 9.64 Å². The Morgan fingerprint density at radius 3 is 2.65 bits per heavy atom. The van der Waals surface area contributed by atoms with E-state index in [9.17, 15) is 18.0 Å². The summed E-state index contributed by atoms with van der Waals surface area (Å²) in [5, 5.41) is 5.13. The van der Waals surface area contributed by atoms with Crippen LogP contribution in [0.15, 0.2) is 23.1 Å². The minimum Gasteiger partial charge on any atom is -0.455 e. The number of nitrogens with two attached hydrogens (primary N) is 1. The summed E-state index contributed by atoms with van der Waals surface area (Å²) < 4.78 is 27.9. The van der Waals surface area contributed by atoms with Crippen LogP contribution in [0, 0.1) is 5.92 Å². The first-order valence-corrected chi connectivity index (χ1v) is 8.96. The standard InChI is InChI=1S/C15H18N2O5S/c1-9-6-11-7-12(23(16,20)21)4-5-13(11)17(9)14(18)8-22-15(19)10-2-3-10/h4-5,7,9-10H,2-3,6,8H2,1H3,(H2,16,20,21). The monoisotopic (exact) mass is 338 g/mol. The molecule has 2 N–H and O–H groups in total. The number of fused-ring (bicyclic) bond motifs is 1. The van der Waals surface area contributed by atoms with Crippen molar-refractivity contribution >= 4 is 27.6 Å². The van der Waals surface area contributed by atoms with Crippen molar-refractivity contribution in [2.24, 2.45) is 11.1 Å². The zero-order valence-electron chi connectivity index (χ0n) is 12.7. The molecule has 1 aromatic carbocycles. The Labute approximate surface area is 134 Å². The van der Waals surface area contributed by atoms with Crippen molar-refractivity contribution in [3.8, 4) is 0 Å². The Morgan fingerprint density at radius 1 is 1.35 bits per heavy atom. The van der Waals surface area contributed by atoms with Crippen molar-refractivity contribution in [3.05, 3.63) is 23.8 Å². The molecule has 0 spiro atoms. The molecule has 1 aliphatic carbocycles. The molecule has 1 amide bonds. The average molecular weight is 338 g/mol. The highest BCUT2D eigenvalue weighted by molar-refractivity contribution is 7.89. The summed E-state index contributed by atoms with van der Waals surface area (Å²) in [6.07, 6.45) is 2.18. The van der Waals surface area contributed by atoms with Gasteiger partial charge in [-0.25, -0.2) is 13.6 Å². The quantitative estimate of drug-likeness (QED) is 0.808. The second kappa shape index (κ2) is 5.61. The van der Waals surface area contributed by atoms with E-state index in [0.29, 0.717) is 12.1 Å². The fourth-order valence-corrected chi connectivity index (χ4v) is 3.37. The number of ether oxygens (including phenoxy) is 1. The number of esters is 1. The molecule has 0 radical (unpaired) electrons. The zero-order chi connectivity index (χ0) is 16.8. The summed E-state index contributed by atoms with van der Waals surface area (Å²) >= 11 is 0. The van der Waals surface area contributed by atoms with Crippen LogP contribution in [0.5, 0.6) is 0 Å². The topological polar surface area (TPSA) is 107 Å². The van der Waals surface area contributed by atoms with Crippen LogP contribution in [0.2, 0.25) is 0 Å². The molecule has 0 aromatic heterocycles. The highest BCUT2D eigenvalue weighted by atomic mass is 32.2. The van der Waals surface area contributed by atoms with E-state index in [1.54, 1.807) is 11.0 Å². The van der Waals surface area contributed by atoms with Crippen LogP contribution in [0.1, 0.15) is 25.3 Å². The lowest BCUT2D eigenvalue weighted by Crippen LogP contribution is -2.38. The minimum absolute atomic E-state index is 0.0258. The lowest BCUT2D eigenvalue weighted by atomic mass is 10.1. The van der Waals surface area contributed by atoms with Crippen LogP contribution in [0.25, 0.3) is 0 Å². The smallest absolute Gasteiger partial charge is 0.309 e. The highest BCUT2D eigenvalue weighted by Crippen LogP contribution is 2.34. The Hall–Kier alpha value is -1.93. The molecule has 0 bridgehead atoms. The van der Waals surface area contributed by atoms with Gasteiger partial charge in [0.25, 0.3) is 5.91 Å². The van der Waals surface area contributed by atoms with Gasteiger partial charge in [0.05, 0.1) is 10.8 Å². The van der Waals surface area contributed by atoms with Crippen LogP contribution < -0.4 is 10.0 Å². The molecule has 1 unspecified atom stereocenters. The molecule has 1 aliphatic heterocycles. The molecule has 3 rings (SSSR count). The lowest BCUT2D eigenvalue weighted by molar-refractivity contribution is -0.149. The molecule has 1 aromatic rings. The van der Waals surface area contributed by atoms with E-state index < -0.39 is 10.0 Å². The molecular formula is C15H18N2O5S. The van der Waals surface area contributed by atoms with Gasteiger partial charge in [0.2, 0.25) is 10.0 Å². The molecule has 1 saturated carbocycles. The SMILES string of the molecule is CC1Cc2cc(S(N)(=O)=O)ccc2N1C(=O)COC(=O)C1CC1. The Morgan fingerprint density at radius 2 is 2.04 bits per heavy atom. The number of hydrogen-bond acceptors (Lipinski definition) is 5. The van der Waals surface area contributed by atoms with Gasteiger partial charge in [0.1, 0.15) is 0 Å². The summed E-state index contributed by atoms with van der Waals surface area (Å²) in [5.74, 6) is -0.688. The van der Waals surface area contributed by atoms with Gasteiger partial charge in [0.15, 0.2) is 6.61 Å². The summed E-state index contributed by atoms with van der Waals surface area (Å²) in [6, 6.07) is 4.31. The predicted molar refractivity (Wildman–Crippen MR) is 82.2 cm³/mol. The van der Waals surface area contributed by atoms with Crippen molar-refractivity contribution in [2.45, 2.75) is 37.1 Å². The number of anilines is 1. The second-order valence-corrected chi connectivity index (χ2v) is 7.60. The fourth-order valence-electron chi connectivity index (χ4n) is 2.80. The minimum atomic E-state index is -3.78. The Bertz CT molecular complexity index is 770. The fraction of sp³-hybridized carbons (Fsp3) is 0.467. The number of benzene rings is 1. The number of carbonyl (C=O) groups is 2.